The van der Waals surface area contributed by atoms with Crippen molar-refractivity contribution in [2.75, 3.05) is 0 Å². The summed E-state index contributed by atoms with van der Waals surface area (Å²) in [5, 5.41) is 0. The molecule has 2 N–H and O–H groups in total. The van der Waals surface area contributed by atoms with E-state index in [2.05, 4.69) is 150 Å². The van der Waals surface area contributed by atoms with Gasteiger partial charge in [-0.2, -0.15) is 0 Å². The normalized spacial score (nSPS) is 13.0. The van der Waals surface area contributed by atoms with Crippen LogP contribution in [0.5, 0.6) is 5.75 Å². The molecule has 0 radical (unpaired) electrons. The Bertz CT molecular complexity index is 1560. The fourth-order valence-electron chi connectivity index (χ4n) is 6.26. The average molecular weight is 611 g/mol. The van der Waals surface area contributed by atoms with Gasteiger partial charge in [0.2, 0.25) is 0 Å². The maximum absolute atomic E-state index is 10.3. The van der Waals surface area contributed by atoms with Crippen LogP contribution in [0.1, 0.15) is 105 Å². The quantitative estimate of drug-likeness (QED) is 0.221. The van der Waals surface area contributed by atoms with E-state index in [9.17, 15) is 9.79 Å². The van der Waals surface area contributed by atoms with Gasteiger partial charge < -0.3 is 14.3 Å². The SMILES string of the molecule is CC(C)(C)c1cccc(C(C)(C)C)c1-c1c(OP(O)O)ccc(-c2ccccc2)c1-c1c(C(C)(C)C)cccc1C(C)(C)C. The van der Waals surface area contributed by atoms with Gasteiger partial charge in [0.05, 0.1) is 0 Å². The number of rotatable bonds is 5. The Morgan fingerprint density at radius 2 is 0.818 bits per heavy atom. The molecule has 234 valence electrons. The Hall–Kier alpha value is -2.97. The van der Waals surface area contributed by atoms with Crippen molar-refractivity contribution in [2.45, 2.75) is 105 Å². The summed E-state index contributed by atoms with van der Waals surface area (Å²) in [5.74, 6) is 0.474. The Kier molecular flexibility index (Phi) is 9.32. The van der Waals surface area contributed by atoms with E-state index in [1.807, 2.05) is 12.1 Å². The fraction of sp³-hybridized carbons (Fsp3) is 0.400. The molecule has 4 rings (SSSR count). The van der Waals surface area contributed by atoms with Gasteiger partial charge >= 0.3 is 8.60 Å². The van der Waals surface area contributed by atoms with Crippen LogP contribution in [-0.2, 0) is 21.7 Å². The van der Waals surface area contributed by atoms with Crippen LogP contribution in [0.15, 0.2) is 78.9 Å². The first kappa shape index (κ1) is 33.9. The van der Waals surface area contributed by atoms with Crippen molar-refractivity contribution in [3.05, 3.63) is 101 Å². The third-order valence-corrected chi connectivity index (χ3v) is 8.65. The second kappa shape index (κ2) is 12.1. The summed E-state index contributed by atoms with van der Waals surface area (Å²) in [5.41, 5.74) is 10.5. The van der Waals surface area contributed by atoms with Crippen molar-refractivity contribution in [1.29, 1.82) is 0 Å². The lowest BCUT2D eigenvalue weighted by Crippen LogP contribution is -2.21. The van der Waals surface area contributed by atoms with Crippen LogP contribution >= 0.6 is 8.60 Å². The largest absolute Gasteiger partial charge is 0.426 e. The highest BCUT2D eigenvalue weighted by molar-refractivity contribution is 7.39. The number of benzene rings is 4. The highest BCUT2D eigenvalue weighted by Crippen LogP contribution is 2.55. The lowest BCUT2D eigenvalue weighted by atomic mass is 9.69. The Labute approximate surface area is 267 Å². The van der Waals surface area contributed by atoms with Crippen molar-refractivity contribution in [3.8, 4) is 39.1 Å². The van der Waals surface area contributed by atoms with Crippen LogP contribution in [0, 0.1) is 0 Å². The smallest absolute Gasteiger partial charge is 0.391 e. The second-order valence-electron chi connectivity index (χ2n) is 16.0. The number of hydrogen-bond donors (Lipinski definition) is 2. The van der Waals surface area contributed by atoms with Gasteiger partial charge in [-0.05, 0) is 72.2 Å². The van der Waals surface area contributed by atoms with E-state index in [0.717, 1.165) is 27.8 Å². The predicted octanol–water partition coefficient (Wildman–Crippen LogP) is 11.5. The molecule has 0 aliphatic carbocycles. The van der Waals surface area contributed by atoms with E-state index >= 15 is 0 Å². The molecular weight excluding hydrogens is 559 g/mol. The average Bonchev–Trinajstić information content (AvgIpc) is 2.90. The minimum absolute atomic E-state index is 0.171. The molecule has 0 bridgehead atoms. The van der Waals surface area contributed by atoms with E-state index in [1.165, 1.54) is 27.8 Å². The molecule has 0 spiro atoms. The Balaban J connectivity index is 2.44. The first-order valence-electron chi connectivity index (χ1n) is 15.6. The molecule has 3 nitrogen and oxygen atoms in total. The summed E-state index contributed by atoms with van der Waals surface area (Å²) in [6, 6.07) is 27.8. The minimum atomic E-state index is -2.66. The lowest BCUT2D eigenvalue weighted by Gasteiger charge is -2.35. The van der Waals surface area contributed by atoms with Crippen molar-refractivity contribution >= 4 is 8.60 Å². The molecule has 0 aliphatic heterocycles. The fourth-order valence-corrected chi connectivity index (χ4v) is 6.59. The molecule has 44 heavy (non-hydrogen) atoms. The zero-order valence-electron chi connectivity index (χ0n) is 28.8. The molecular formula is C40H51O3P. The third kappa shape index (κ3) is 6.96. The van der Waals surface area contributed by atoms with E-state index in [-0.39, 0.29) is 21.7 Å². The van der Waals surface area contributed by atoms with Crippen LogP contribution in [0.3, 0.4) is 0 Å². The summed E-state index contributed by atoms with van der Waals surface area (Å²) in [7, 11) is -2.66. The molecule has 0 aromatic heterocycles. The highest BCUT2D eigenvalue weighted by atomic mass is 31.2. The summed E-state index contributed by atoms with van der Waals surface area (Å²) in [6.07, 6.45) is 0. The topological polar surface area (TPSA) is 49.7 Å². The first-order chi connectivity index (χ1) is 20.2. The molecule has 0 saturated carbocycles. The van der Waals surface area contributed by atoms with Crippen molar-refractivity contribution in [3.63, 3.8) is 0 Å². The molecule has 0 amide bonds. The summed E-state index contributed by atoms with van der Waals surface area (Å²) in [4.78, 5) is 20.7. The van der Waals surface area contributed by atoms with E-state index in [0.29, 0.717) is 5.75 Å². The van der Waals surface area contributed by atoms with Gasteiger partial charge in [0, 0.05) is 11.1 Å². The zero-order chi connectivity index (χ0) is 32.8. The summed E-state index contributed by atoms with van der Waals surface area (Å²) < 4.78 is 6.02. The maximum Gasteiger partial charge on any atom is 0.391 e. The van der Waals surface area contributed by atoms with Gasteiger partial charge in [-0.1, -0.05) is 156 Å². The molecule has 4 aromatic carbocycles. The number of hydrogen-bond acceptors (Lipinski definition) is 3. The van der Waals surface area contributed by atoms with Gasteiger partial charge in [-0.15, -0.1) is 0 Å². The van der Waals surface area contributed by atoms with E-state index < -0.39 is 8.60 Å². The van der Waals surface area contributed by atoms with Crippen LogP contribution in [-0.4, -0.2) is 9.79 Å². The first-order valence-corrected chi connectivity index (χ1v) is 16.8. The predicted molar refractivity (Wildman–Crippen MR) is 190 cm³/mol. The summed E-state index contributed by atoms with van der Waals surface area (Å²) in [6.45, 7) is 27.1. The van der Waals surface area contributed by atoms with Crippen molar-refractivity contribution in [1.82, 2.24) is 0 Å². The van der Waals surface area contributed by atoms with Crippen LogP contribution < -0.4 is 4.52 Å². The van der Waals surface area contributed by atoms with Crippen LogP contribution in [0.4, 0.5) is 0 Å². The van der Waals surface area contributed by atoms with Gasteiger partial charge in [0.15, 0.2) is 0 Å². The molecule has 0 unspecified atom stereocenters. The molecule has 4 heteroatoms. The van der Waals surface area contributed by atoms with Gasteiger partial charge in [-0.25, -0.2) is 0 Å². The molecule has 0 heterocycles. The van der Waals surface area contributed by atoms with Crippen LogP contribution in [0.25, 0.3) is 33.4 Å². The van der Waals surface area contributed by atoms with Crippen molar-refractivity contribution in [2.24, 2.45) is 0 Å². The van der Waals surface area contributed by atoms with E-state index in [4.69, 9.17) is 4.52 Å². The van der Waals surface area contributed by atoms with Crippen LogP contribution in [0.2, 0.25) is 0 Å². The molecule has 4 aromatic rings. The minimum Gasteiger partial charge on any atom is -0.426 e. The van der Waals surface area contributed by atoms with E-state index in [1.54, 1.807) is 0 Å². The van der Waals surface area contributed by atoms with Gasteiger partial charge in [0.25, 0.3) is 0 Å². The second-order valence-corrected chi connectivity index (χ2v) is 16.7. The highest BCUT2D eigenvalue weighted by Gasteiger charge is 2.35. The van der Waals surface area contributed by atoms with Gasteiger partial charge in [0.1, 0.15) is 5.75 Å². The Morgan fingerprint density at radius 1 is 0.432 bits per heavy atom. The Morgan fingerprint density at radius 3 is 1.18 bits per heavy atom. The third-order valence-electron chi connectivity index (χ3n) is 8.29. The standard InChI is InChI=1S/C40H51O3P/c1-37(2,3)28-20-16-21-29(38(4,5)6)34(28)33-27(26-18-14-13-15-19-26)24-25-32(43-44(41)42)36(33)35-30(39(7,8)9)22-17-23-31(35)40(10,11)12/h13-25,41-42H,1-12H3. The molecule has 0 aliphatic rings. The molecule has 0 atom stereocenters. The summed E-state index contributed by atoms with van der Waals surface area (Å²) >= 11 is 0. The maximum atomic E-state index is 10.3. The monoisotopic (exact) mass is 610 g/mol. The lowest BCUT2D eigenvalue weighted by molar-refractivity contribution is 0.375. The zero-order valence-corrected chi connectivity index (χ0v) is 29.6. The molecule has 0 fully saturated rings. The molecule has 0 saturated heterocycles. The van der Waals surface area contributed by atoms with Crippen molar-refractivity contribution < 1.29 is 14.3 Å². The van der Waals surface area contributed by atoms with Gasteiger partial charge in [-0.3, -0.25) is 0 Å².